The number of hydrogen-bond acceptors (Lipinski definition) is 2. The Labute approximate surface area is 185 Å². The summed E-state index contributed by atoms with van der Waals surface area (Å²) in [5, 5.41) is 0. The molecule has 1 fully saturated rings. The second-order valence-electron chi connectivity index (χ2n) is 10.3. The number of carbonyl (C=O) groups is 1. The fraction of sp³-hybridized carbons (Fsp3) is 0.880. The fourth-order valence-electron chi connectivity index (χ4n) is 4.57. The van der Waals surface area contributed by atoms with Gasteiger partial charge in [-0.15, -0.1) is 0 Å². The van der Waals surface area contributed by atoms with E-state index in [1.54, 1.807) is 0 Å². The predicted molar refractivity (Wildman–Crippen MR) is 129 cm³/mol. The number of rotatable bonds is 11. The Morgan fingerprint density at radius 2 is 1.52 bits per heavy atom. The zero-order chi connectivity index (χ0) is 21.9. The number of carbonyl (C=O) groups excluding carboxylic acids is 1. The van der Waals surface area contributed by atoms with Crippen LogP contribution in [0.25, 0.3) is 0 Å². The first-order valence-electron chi connectivity index (χ1n) is 12.4. The summed E-state index contributed by atoms with van der Waals surface area (Å²) in [4.78, 5) is 15.0. The van der Waals surface area contributed by atoms with Gasteiger partial charge < -0.3 is 0 Å². The third-order valence-corrected chi connectivity index (χ3v) is 20.4. The predicted octanol–water partition coefficient (Wildman–Crippen LogP) is 8.11. The van der Waals surface area contributed by atoms with Gasteiger partial charge in [0.15, 0.2) is 0 Å². The van der Waals surface area contributed by atoms with E-state index in [0.29, 0.717) is 0 Å². The second kappa shape index (κ2) is 13.3. The van der Waals surface area contributed by atoms with Crippen molar-refractivity contribution in [2.75, 3.05) is 0 Å². The Hall–Kier alpha value is -0.191. The molecule has 0 bridgehead atoms. The van der Waals surface area contributed by atoms with Crippen LogP contribution in [0.3, 0.4) is 0 Å². The fourth-order valence-corrected chi connectivity index (χ4v) is 19.0. The average molecular weight is 514 g/mol. The topological polar surface area (TPSA) is 29.5 Å². The van der Waals surface area contributed by atoms with Crippen LogP contribution in [0.5, 0.6) is 0 Å². The molecular weight excluding hydrogens is 465 g/mol. The molecule has 0 aromatic heterocycles. The molecule has 0 aromatic carbocycles. The number of likely N-dealkylation sites (tertiary alicyclic amines) is 1. The number of ether oxygens (including phenoxy) is 1. The average Bonchev–Trinajstić information content (AvgIpc) is 2.65. The summed E-state index contributed by atoms with van der Waals surface area (Å²) in [6.07, 6.45) is 13.8. The van der Waals surface area contributed by atoms with Crippen LogP contribution in [-0.4, -0.2) is 47.1 Å². The van der Waals surface area contributed by atoms with Crippen LogP contribution in [0.4, 0.5) is 4.79 Å². The Kier molecular flexibility index (Phi) is 12.3. The van der Waals surface area contributed by atoms with Gasteiger partial charge in [0.2, 0.25) is 0 Å². The van der Waals surface area contributed by atoms with Crippen LogP contribution < -0.4 is 0 Å². The van der Waals surface area contributed by atoms with Gasteiger partial charge in [-0.1, -0.05) is 0 Å². The van der Waals surface area contributed by atoms with Gasteiger partial charge >= 0.3 is 186 Å². The van der Waals surface area contributed by atoms with Gasteiger partial charge in [0.1, 0.15) is 0 Å². The molecule has 1 heterocycles. The van der Waals surface area contributed by atoms with Crippen molar-refractivity contribution >= 4 is 24.5 Å². The van der Waals surface area contributed by atoms with Crippen molar-refractivity contribution in [1.29, 1.82) is 0 Å². The zero-order valence-corrected chi connectivity index (χ0v) is 23.4. The first-order chi connectivity index (χ1) is 13.7. The SMILES string of the molecule is CCC[CH2][Sn](/[CH]=C/[C@@H]1CCC[C@H](C)N1C(=O)OC(C)(C)C)([CH2]CCC)[CH2]CCC. The van der Waals surface area contributed by atoms with Gasteiger partial charge in [0, 0.05) is 0 Å². The van der Waals surface area contributed by atoms with Crippen molar-refractivity contribution in [2.24, 2.45) is 0 Å². The second-order valence-corrected chi connectivity index (χ2v) is 23.3. The normalized spacial score (nSPS) is 21.0. The van der Waals surface area contributed by atoms with Crippen LogP contribution in [0.15, 0.2) is 10.2 Å². The number of amides is 1. The minimum atomic E-state index is -2.32. The van der Waals surface area contributed by atoms with Crippen LogP contribution in [-0.2, 0) is 4.74 Å². The first-order valence-corrected chi connectivity index (χ1v) is 20.1. The van der Waals surface area contributed by atoms with Crippen molar-refractivity contribution in [3.8, 4) is 0 Å². The van der Waals surface area contributed by atoms with E-state index in [2.05, 4.69) is 37.9 Å². The molecule has 0 unspecified atom stereocenters. The zero-order valence-electron chi connectivity index (χ0n) is 20.6. The monoisotopic (exact) mass is 515 g/mol. The van der Waals surface area contributed by atoms with Crippen molar-refractivity contribution in [2.45, 2.75) is 137 Å². The van der Waals surface area contributed by atoms with E-state index in [1.807, 2.05) is 25.7 Å². The molecule has 1 aliphatic heterocycles. The Bertz CT molecular complexity index is 476. The number of nitrogens with zero attached hydrogens (tertiary/aromatic N) is 1. The third kappa shape index (κ3) is 9.65. The summed E-state index contributed by atoms with van der Waals surface area (Å²) in [7, 11) is 0. The standard InChI is InChI=1S/C13H22NO2.3C4H9.Sn/c1-6-11-9-7-8-10(2)14(11)12(15)16-13(3,4)5;3*1-3-4-2;/h1,6,10-11H,7-9H2,2-5H3;3*1,3-4H2,2H3;/t10-,11+;;;;/m0..../s1. The van der Waals surface area contributed by atoms with E-state index >= 15 is 0 Å². The molecule has 1 saturated heterocycles. The van der Waals surface area contributed by atoms with Crippen LogP contribution in [0.2, 0.25) is 13.3 Å². The van der Waals surface area contributed by atoms with Crippen molar-refractivity contribution in [3.05, 3.63) is 10.2 Å². The molecule has 0 radical (unpaired) electrons. The van der Waals surface area contributed by atoms with E-state index in [-0.39, 0.29) is 18.2 Å². The summed E-state index contributed by atoms with van der Waals surface area (Å²) in [6.45, 7) is 15.1. The van der Waals surface area contributed by atoms with Crippen molar-refractivity contribution in [1.82, 2.24) is 4.90 Å². The molecule has 0 N–H and O–H groups in total. The minimum absolute atomic E-state index is 0.129. The summed E-state index contributed by atoms with van der Waals surface area (Å²) < 4.78 is 13.0. The molecule has 0 spiro atoms. The molecule has 0 aliphatic carbocycles. The van der Waals surface area contributed by atoms with Gasteiger partial charge in [0.05, 0.1) is 0 Å². The molecule has 0 saturated carbocycles. The Morgan fingerprint density at radius 3 is 1.97 bits per heavy atom. The van der Waals surface area contributed by atoms with Gasteiger partial charge in [-0.3, -0.25) is 0 Å². The number of unbranched alkanes of at least 4 members (excludes halogenated alkanes) is 3. The summed E-state index contributed by atoms with van der Waals surface area (Å²) in [5.74, 6) is 0. The van der Waals surface area contributed by atoms with Gasteiger partial charge in [0.25, 0.3) is 0 Å². The van der Waals surface area contributed by atoms with Crippen LogP contribution in [0, 0.1) is 0 Å². The van der Waals surface area contributed by atoms with E-state index in [0.717, 1.165) is 12.8 Å². The summed E-state index contributed by atoms with van der Waals surface area (Å²) in [6, 6.07) is 0.481. The van der Waals surface area contributed by atoms with Gasteiger partial charge in [-0.05, 0) is 0 Å². The van der Waals surface area contributed by atoms with Gasteiger partial charge in [-0.25, -0.2) is 0 Å². The van der Waals surface area contributed by atoms with E-state index in [1.165, 1.54) is 58.3 Å². The summed E-state index contributed by atoms with van der Waals surface area (Å²) >= 11 is -2.32. The molecule has 0 aromatic rings. The van der Waals surface area contributed by atoms with Crippen LogP contribution in [0.1, 0.15) is 106 Å². The maximum atomic E-state index is 13.0. The molecule has 1 aliphatic rings. The molecule has 29 heavy (non-hydrogen) atoms. The molecule has 1 rings (SSSR count). The molecule has 4 heteroatoms. The van der Waals surface area contributed by atoms with Gasteiger partial charge in [-0.2, -0.15) is 0 Å². The third-order valence-electron chi connectivity index (χ3n) is 6.31. The van der Waals surface area contributed by atoms with Crippen molar-refractivity contribution < 1.29 is 9.53 Å². The molecule has 3 nitrogen and oxygen atoms in total. The van der Waals surface area contributed by atoms with Crippen molar-refractivity contribution in [3.63, 3.8) is 0 Å². The van der Waals surface area contributed by atoms with E-state index in [4.69, 9.17) is 4.74 Å². The molecule has 170 valence electrons. The summed E-state index contributed by atoms with van der Waals surface area (Å²) in [5.41, 5.74) is -0.436. The first kappa shape index (κ1) is 26.8. The molecular formula is C25H49NO2Sn. The molecule has 1 amide bonds. The molecule has 2 atom stereocenters. The Balaban J connectivity index is 3.08. The van der Waals surface area contributed by atoms with E-state index in [9.17, 15) is 4.79 Å². The van der Waals surface area contributed by atoms with E-state index < -0.39 is 24.0 Å². The number of piperidine rings is 1. The maximum absolute atomic E-state index is 13.0. The Morgan fingerprint density at radius 1 is 1.00 bits per heavy atom. The van der Waals surface area contributed by atoms with Crippen LogP contribution >= 0.6 is 0 Å². The quantitative estimate of drug-likeness (QED) is 0.261. The number of hydrogen-bond donors (Lipinski definition) is 0.